The average Bonchev–Trinajstić information content (AvgIpc) is 2.74. The zero-order valence-corrected chi connectivity index (χ0v) is 17.4. The fourth-order valence-electron chi connectivity index (χ4n) is 3.96. The molecule has 6 nitrogen and oxygen atoms in total. The second-order valence-corrected chi connectivity index (χ2v) is 8.72. The molecule has 4 rings (SSSR count). The number of methoxy groups -OCH3 is 1. The van der Waals surface area contributed by atoms with E-state index in [2.05, 4.69) is 23.5 Å². The lowest BCUT2D eigenvalue weighted by molar-refractivity contribution is -0.219. The van der Waals surface area contributed by atoms with E-state index in [-0.39, 0.29) is 0 Å². The van der Waals surface area contributed by atoms with E-state index in [1.807, 2.05) is 30.0 Å². The van der Waals surface area contributed by atoms with Gasteiger partial charge in [0.25, 0.3) is 0 Å². The van der Waals surface area contributed by atoms with Gasteiger partial charge < -0.3 is 30.1 Å². The van der Waals surface area contributed by atoms with Crippen LogP contribution in [0, 0.1) is 0 Å². The van der Waals surface area contributed by atoms with Crippen LogP contribution in [0.3, 0.4) is 0 Å². The largest absolute Gasteiger partial charge is 0.496 e. The summed E-state index contributed by atoms with van der Waals surface area (Å²) in [6.45, 7) is 2.65. The predicted molar refractivity (Wildman–Crippen MR) is 113 cm³/mol. The first kappa shape index (κ1) is 20.5. The van der Waals surface area contributed by atoms with E-state index in [4.69, 9.17) is 9.47 Å². The molecule has 0 spiro atoms. The molecule has 0 bridgehead atoms. The second kappa shape index (κ2) is 8.53. The summed E-state index contributed by atoms with van der Waals surface area (Å²) in [6, 6.07) is 12.1. The van der Waals surface area contributed by atoms with Gasteiger partial charge in [-0.05, 0) is 47.9 Å². The Labute approximate surface area is 174 Å². The molecule has 0 unspecified atom stereocenters. The maximum Gasteiger partial charge on any atom is 0.122 e. The Kier molecular flexibility index (Phi) is 6.03. The highest BCUT2D eigenvalue weighted by atomic mass is 32.2. The summed E-state index contributed by atoms with van der Waals surface area (Å²) < 4.78 is 11.4. The Hall–Kier alpha value is -1.77. The fraction of sp³-hybridized carbons (Fsp3) is 0.455. The van der Waals surface area contributed by atoms with Gasteiger partial charge in [-0.25, -0.2) is 0 Å². The van der Waals surface area contributed by atoms with Crippen molar-refractivity contribution in [3.63, 3.8) is 0 Å². The second-order valence-electron chi connectivity index (χ2n) is 7.59. The molecule has 0 aliphatic carbocycles. The molecule has 1 fully saturated rings. The predicted octanol–water partition coefficient (Wildman–Crippen LogP) is 2.35. The number of rotatable bonds is 4. The highest BCUT2D eigenvalue weighted by Gasteiger charge is 2.42. The van der Waals surface area contributed by atoms with Gasteiger partial charge in [0.05, 0.1) is 13.2 Å². The van der Waals surface area contributed by atoms with Crippen LogP contribution < -0.4 is 10.1 Å². The Balaban J connectivity index is 1.62. The van der Waals surface area contributed by atoms with Gasteiger partial charge in [-0.3, -0.25) is 0 Å². The number of hydrogen-bond acceptors (Lipinski definition) is 7. The van der Waals surface area contributed by atoms with Crippen LogP contribution in [0.5, 0.6) is 5.75 Å². The lowest BCUT2D eigenvalue weighted by atomic mass is 9.90. The number of anilines is 1. The third-order valence-electron chi connectivity index (χ3n) is 5.60. The quantitative estimate of drug-likeness (QED) is 0.607. The van der Waals surface area contributed by atoms with Crippen LogP contribution >= 0.6 is 11.8 Å². The Morgan fingerprint density at radius 2 is 1.93 bits per heavy atom. The third kappa shape index (κ3) is 4.11. The maximum absolute atomic E-state index is 10.4. The fourth-order valence-corrected chi connectivity index (χ4v) is 4.83. The van der Waals surface area contributed by atoms with Crippen molar-refractivity contribution in [1.82, 2.24) is 0 Å². The summed E-state index contributed by atoms with van der Waals surface area (Å²) >= 11 is 1.86. The lowest BCUT2D eigenvalue weighted by Gasteiger charge is -2.39. The topological polar surface area (TPSA) is 91.2 Å². The van der Waals surface area contributed by atoms with E-state index < -0.39 is 30.5 Å². The SMILES string of the molecule is COc1ccc([C@@H]2O[C@H](C)[C@@H](O)[C@H](O)[C@H]2O)cc1Cc1ccc2c(c1)NCCS2. The van der Waals surface area contributed by atoms with Crippen LogP contribution in [-0.4, -0.2) is 59.1 Å². The Morgan fingerprint density at radius 1 is 1.10 bits per heavy atom. The smallest absolute Gasteiger partial charge is 0.122 e. The number of hydrogen-bond donors (Lipinski definition) is 4. The van der Waals surface area contributed by atoms with Crippen molar-refractivity contribution in [2.45, 2.75) is 48.8 Å². The lowest BCUT2D eigenvalue weighted by Crippen LogP contribution is -2.53. The number of nitrogens with one attached hydrogen (secondary N) is 1. The summed E-state index contributed by atoms with van der Waals surface area (Å²) in [5, 5.41) is 34.0. The number of benzene rings is 2. The van der Waals surface area contributed by atoms with Crippen LogP contribution in [0.1, 0.15) is 29.7 Å². The zero-order chi connectivity index (χ0) is 20.5. The molecule has 0 saturated carbocycles. The highest BCUT2D eigenvalue weighted by Crippen LogP contribution is 2.36. The molecule has 2 aromatic rings. The third-order valence-corrected chi connectivity index (χ3v) is 6.67. The minimum atomic E-state index is -1.25. The van der Waals surface area contributed by atoms with Gasteiger partial charge >= 0.3 is 0 Å². The van der Waals surface area contributed by atoms with Crippen LogP contribution in [-0.2, 0) is 11.2 Å². The van der Waals surface area contributed by atoms with Gasteiger partial charge in [-0.1, -0.05) is 12.1 Å². The van der Waals surface area contributed by atoms with E-state index in [1.54, 1.807) is 14.0 Å². The van der Waals surface area contributed by atoms with Crippen molar-refractivity contribution < 1.29 is 24.8 Å². The van der Waals surface area contributed by atoms with Crippen molar-refractivity contribution in [2.75, 3.05) is 24.7 Å². The molecule has 2 aliphatic heterocycles. The first-order valence-electron chi connectivity index (χ1n) is 9.84. The average molecular weight is 418 g/mol. The van der Waals surface area contributed by atoms with E-state index in [0.717, 1.165) is 40.4 Å². The molecule has 2 aliphatic rings. The summed E-state index contributed by atoms with van der Waals surface area (Å²) in [7, 11) is 1.64. The van der Waals surface area contributed by atoms with Crippen LogP contribution in [0.25, 0.3) is 0 Å². The summed E-state index contributed by atoms with van der Waals surface area (Å²) in [6.07, 6.45) is -4.19. The van der Waals surface area contributed by atoms with Crippen molar-refractivity contribution in [3.05, 3.63) is 53.1 Å². The minimum Gasteiger partial charge on any atom is -0.496 e. The number of aliphatic hydroxyl groups excluding tert-OH is 3. The van der Waals surface area contributed by atoms with Crippen molar-refractivity contribution in [3.8, 4) is 5.75 Å². The van der Waals surface area contributed by atoms with E-state index in [9.17, 15) is 15.3 Å². The molecule has 0 radical (unpaired) electrons. The van der Waals surface area contributed by atoms with Gasteiger partial charge in [0.1, 0.15) is 30.2 Å². The molecular formula is C22H27NO5S. The number of fused-ring (bicyclic) bond motifs is 1. The summed E-state index contributed by atoms with van der Waals surface area (Å²) in [5.74, 6) is 1.83. The summed E-state index contributed by atoms with van der Waals surface area (Å²) in [5.41, 5.74) is 4.03. The zero-order valence-electron chi connectivity index (χ0n) is 16.5. The van der Waals surface area contributed by atoms with E-state index >= 15 is 0 Å². The van der Waals surface area contributed by atoms with Crippen LogP contribution in [0.15, 0.2) is 41.3 Å². The molecule has 29 heavy (non-hydrogen) atoms. The first-order valence-corrected chi connectivity index (χ1v) is 10.8. The van der Waals surface area contributed by atoms with Gasteiger partial charge in [0.15, 0.2) is 0 Å². The molecule has 1 saturated heterocycles. The van der Waals surface area contributed by atoms with Crippen LogP contribution in [0.2, 0.25) is 0 Å². The molecule has 5 atom stereocenters. The normalized spacial score (nSPS) is 29.1. The molecule has 7 heteroatoms. The van der Waals surface area contributed by atoms with Gasteiger partial charge in [-0.15, -0.1) is 11.8 Å². The van der Waals surface area contributed by atoms with Gasteiger partial charge in [-0.2, -0.15) is 0 Å². The van der Waals surface area contributed by atoms with Crippen molar-refractivity contribution in [2.24, 2.45) is 0 Å². The van der Waals surface area contributed by atoms with Crippen molar-refractivity contribution in [1.29, 1.82) is 0 Å². The van der Waals surface area contributed by atoms with E-state index in [1.165, 1.54) is 4.90 Å². The maximum atomic E-state index is 10.4. The minimum absolute atomic E-state index is 0.576. The molecular weight excluding hydrogens is 390 g/mol. The molecule has 0 aromatic heterocycles. The molecule has 2 aromatic carbocycles. The monoisotopic (exact) mass is 417 g/mol. The molecule has 156 valence electrons. The summed E-state index contributed by atoms with van der Waals surface area (Å²) in [4.78, 5) is 1.26. The molecule has 2 heterocycles. The number of thioether (sulfide) groups is 1. The van der Waals surface area contributed by atoms with Gasteiger partial charge in [0, 0.05) is 29.3 Å². The van der Waals surface area contributed by atoms with Crippen LogP contribution in [0.4, 0.5) is 5.69 Å². The van der Waals surface area contributed by atoms with Crippen molar-refractivity contribution >= 4 is 17.4 Å². The standard InChI is InChI=1S/C22H27NO5S/c1-12-19(24)20(25)21(26)22(28-12)14-4-5-17(27-2)15(11-14)9-13-3-6-18-16(10-13)23-7-8-29-18/h3-6,10-12,19-26H,7-9H2,1-2H3/t12-,19-,20+,21-,22+/m1/s1. The number of aliphatic hydroxyl groups is 3. The number of ether oxygens (including phenoxy) is 2. The molecule has 4 N–H and O–H groups in total. The molecule has 0 amide bonds. The Bertz CT molecular complexity index is 876. The first-order chi connectivity index (χ1) is 14.0. The van der Waals surface area contributed by atoms with E-state index in [0.29, 0.717) is 6.42 Å². The highest BCUT2D eigenvalue weighted by molar-refractivity contribution is 7.99. The van der Waals surface area contributed by atoms with Gasteiger partial charge in [0.2, 0.25) is 0 Å². The Morgan fingerprint density at radius 3 is 2.72 bits per heavy atom.